The summed E-state index contributed by atoms with van der Waals surface area (Å²) in [4.78, 5) is 12.7. The molecule has 70 valence electrons. The van der Waals surface area contributed by atoms with Gasteiger partial charge < -0.3 is 16.4 Å². The summed E-state index contributed by atoms with van der Waals surface area (Å²) in [6, 6.07) is 0.0775. The van der Waals surface area contributed by atoms with E-state index in [1.165, 1.54) is 0 Å². The maximum Gasteiger partial charge on any atom is 0.315 e. The van der Waals surface area contributed by atoms with Crippen LogP contribution in [0.15, 0.2) is 0 Å². The molecule has 1 heterocycles. The Labute approximate surface area is 72.9 Å². The minimum Gasteiger partial charge on any atom is -0.351 e. The van der Waals surface area contributed by atoms with Crippen LogP contribution in [0.1, 0.15) is 26.2 Å². The van der Waals surface area contributed by atoms with Gasteiger partial charge in [-0.1, -0.05) is 0 Å². The molecule has 0 saturated carbocycles. The third-order valence-corrected chi connectivity index (χ3v) is 2.55. The second-order valence-electron chi connectivity index (χ2n) is 3.41. The van der Waals surface area contributed by atoms with Gasteiger partial charge in [-0.3, -0.25) is 0 Å². The molecule has 0 aromatic rings. The summed E-state index contributed by atoms with van der Waals surface area (Å²) in [5.41, 5.74) is 10.8. The minimum absolute atomic E-state index is 0.159. The number of hydrogen-bond donors (Lipinski definition) is 2. The number of hydrogen-bond acceptors (Lipinski definition) is 2. The van der Waals surface area contributed by atoms with E-state index in [0.29, 0.717) is 6.54 Å². The number of nitrogens with zero attached hydrogens (tertiary/aromatic N) is 1. The van der Waals surface area contributed by atoms with E-state index in [2.05, 4.69) is 0 Å². The highest BCUT2D eigenvalue weighted by atomic mass is 16.2. The summed E-state index contributed by atoms with van der Waals surface area (Å²) in [6.45, 7) is 2.54. The molecule has 1 aliphatic heterocycles. The summed E-state index contributed by atoms with van der Waals surface area (Å²) < 4.78 is 0. The molecule has 1 saturated heterocycles. The Morgan fingerprint density at radius 2 is 2.25 bits per heavy atom. The predicted octanol–water partition coefficient (Wildman–Crippen LogP) is 0.267. The molecule has 0 aromatic carbocycles. The largest absolute Gasteiger partial charge is 0.351 e. The molecule has 4 N–H and O–H groups in total. The van der Waals surface area contributed by atoms with Crippen LogP contribution in [0.3, 0.4) is 0 Å². The zero-order valence-electron chi connectivity index (χ0n) is 7.49. The number of primary amides is 1. The van der Waals surface area contributed by atoms with Crippen molar-refractivity contribution in [2.24, 2.45) is 11.5 Å². The van der Waals surface area contributed by atoms with E-state index in [0.717, 1.165) is 19.3 Å². The van der Waals surface area contributed by atoms with E-state index < -0.39 is 0 Å². The second kappa shape index (κ2) is 3.76. The first-order valence-corrected chi connectivity index (χ1v) is 4.44. The average molecular weight is 171 g/mol. The van der Waals surface area contributed by atoms with Crippen molar-refractivity contribution in [1.29, 1.82) is 0 Å². The van der Waals surface area contributed by atoms with Crippen molar-refractivity contribution in [3.05, 3.63) is 0 Å². The Bertz CT molecular complexity index is 172. The smallest absolute Gasteiger partial charge is 0.315 e. The lowest BCUT2D eigenvalue weighted by atomic mass is 9.97. The fraction of sp³-hybridized carbons (Fsp3) is 0.875. The summed E-state index contributed by atoms with van der Waals surface area (Å²) >= 11 is 0. The van der Waals surface area contributed by atoms with Gasteiger partial charge in [0.2, 0.25) is 0 Å². The van der Waals surface area contributed by atoms with E-state index in [1.54, 1.807) is 4.90 Å². The van der Waals surface area contributed by atoms with E-state index in [9.17, 15) is 4.79 Å². The van der Waals surface area contributed by atoms with Gasteiger partial charge in [-0.2, -0.15) is 0 Å². The summed E-state index contributed by atoms with van der Waals surface area (Å²) in [7, 11) is 0. The lowest BCUT2D eigenvalue weighted by Crippen LogP contribution is -2.53. The third kappa shape index (κ3) is 1.69. The third-order valence-electron chi connectivity index (χ3n) is 2.55. The Kier molecular flexibility index (Phi) is 2.92. The molecular formula is C8H17N3O. The minimum atomic E-state index is -0.336. The van der Waals surface area contributed by atoms with Gasteiger partial charge in [0.1, 0.15) is 0 Å². The van der Waals surface area contributed by atoms with Gasteiger partial charge in [0, 0.05) is 18.6 Å². The molecule has 1 aliphatic rings. The van der Waals surface area contributed by atoms with Crippen molar-refractivity contribution in [2.45, 2.75) is 38.3 Å². The molecule has 1 rings (SSSR count). The first-order chi connectivity index (χ1) is 5.66. The number of urea groups is 1. The van der Waals surface area contributed by atoms with Crippen molar-refractivity contribution >= 4 is 6.03 Å². The van der Waals surface area contributed by atoms with Gasteiger partial charge in [0.25, 0.3) is 0 Å². The fourth-order valence-corrected chi connectivity index (χ4v) is 1.92. The number of amides is 2. The van der Waals surface area contributed by atoms with Crippen LogP contribution in [-0.2, 0) is 0 Å². The molecule has 2 amide bonds. The second-order valence-corrected chi connectivity index (χ2v) is 3.41. The fourth-order valence-electron chi connectivity index (χ4n) is 1.92. The van der Waals surface area contributed by atoms with Crippen LogP contribution in [0, 0.1) is 0 Å². The molecule has 4 nitrogen and oxygen atoms in total. The highest BCUT2D eigenvalue weighted by Crippen LogP contribution is 2.21. The van der Waals surface area contributed by atoms with Gasteiger partial charge in [0.05, 0.1) is 0 Å². The normalized spacial score (nSPS) is 30.3. The average Bonchev–Trinajstić information content (AvgIpc) is 2.03. The van der Waals surface area contributed by atoms with E-state index in [1.807, 2.05) is 6.92 Å². The Balaban J connectivity index is 2.66. The van der Waals surface area contributed by atoms with Crippen LogP contribution >= 0.6 is 0 Å². The van der Waals surface area contributed by atoms with Crippen molar-refractivity contribution in [3.63, 3.8) is 0 Å². The SMILES string of the molecule is CC1CCCC(CN)N1C(N)=O. The van der Waals surface area contributed by atoms with Crippen molar-refractivity contribution in [3.8, 4) is 0 Å². The zero-order chi connectivity index (χ0) is 9.14. The van der Waals surface area contributed by atoms with Crippen molar-refractivity contribution in [1.82, 2.24) is 4.90 Å². The molecule has 4 heteroatoms. The molecule has 12 heavy (non-hydrogen) atoms. The molecule has 0 aliphatic carbocycles. The van der Waals surface area contributed by atoms with Gasteiger partial charge in [0.15, 0.2) is 0 Å². The maximum atomic E-state index is 11.0. The zero-order valence-corrected chi connectivity index (χ0v) is 7.49. The van der Waals surface area contributed by atoms with Gasteiger partial charge in [-0.05, 0) is 26.2 Å². The highest BCUT2D eigenvalue weighted by molar-refractivity contribution is 5.72. The van der Waals surface area contributed by atoms with Crippen molar-refractivity contribution in [2.75, 3.05) is 6.54 Å². The molecular weight excluding hydrogens is 154 g/mol. The number of carbonyl (C=O) groups excluding carboxylic acids is 1. The van der Waals surface area contributed by atoms with Crippen LogP contribution in [-0.4, -0.2) is 29.6 Å². The van der Waals surface area contributed by atoms with E-state index >= 15 is 0 Å². The first kappa shape index (κ1) is 9.32. The Hall–Kier alpha value is -0.770. The lowest BCUT2D eigenvalue weighted by molar-refractivity contribution is 0.125. The summed E-state index contributed by atoms with van der Waals surface area (Å²) in [5, 5.41) is 0. The predicted molar refractivity (Wildman–Crippen MR) is 47.6 cm³/mol. The van der Waals surface area contributed by atoms with Crippen LogP contribution in [0.4, 0.5) is 4.79 Å². The van der Waals surface area contributed by atoms with Crippen LogP contribution < -0.4 is 11.5 Å². The van der Waals surface area contributed by atoms with E-state index in [-0.39, 0.29) is 18.1 Å². The quantitative estimate of drug-likeness (QED) is 0.594. The number of rotatable bonds is 1. The van der Waals surface area contributed by atoms with E-state index in [4.69, 9.17) is 11.5 Å². The topological polar surface area (TPSA) is 72.3 Å². The number of nitrogens with two attached hydrogens (primary N) is 2. The molecule has 0 bridgehead atoms. The number of likely N-dealkylation sites (tertiary alicyclic amines) is 1. The van der Waals surface area contributed by atoms with Crippen LogP contribution in [0.5, 0.6) is 0 Å². The molecule has 0 spiro atoms. The molecule has 2 unspecified atom stereocenters. The number of carbonyl (C=O) groups is 1. The maximum absolute atomic E-state index is 11.0. The van der Waals surface area contributed by atoms with Gasteiger partial charge in [-0.25, -0.2) is 4.79 Å². The van der Waals surface area contributed by atoms with Gasteiger partial charge >= 0.3 is 6.03 Å². The molecule has 1 fully saturated rings. The lowest BCUT2D eigenvalue weighted by Gasteiger charge is -2.38. The Morgan fingerprint density at radius 1 is 1.58 bits per heavy atom. The monoisotopic (exact) mass is 171 g/mol. The standard InChI is InChI=1S/C8H17N3O/c1-6-3-2-4-7(5-9)11(6)8(10)12/h6-7H,2-5,9H2,1H3,(H2,10,12). The van der Waals surface area contributed by atoms with Crippen LogP contribution in [0.2, 0.25) is 0 Å². The molecule has 0 aromatic heterocycles. The molecule has 0 radical (unpaired) electrons. The molecule has 2 atom stereocenters. The van der Waals surface area contributed by atoms with Crippen LogP contribution in [0.25, 0.3) is 0 Å². The van der Waals surface area contributed by atoms with Crippen molar-refractivity contribution < 1.29 is 4.79 Å². The van der Waals surface area contributed by atoms with Gasteiger partial charge in [-0.15, -0.1) is 0 Å². The Morgan fingerprint density at radius 3 is 2.67 bits per heavy atom. The number of piperidine rings is 1. The first-order valence-electron chi connectivity index (χ1n) is 4.44. The highest BCUT2D eigenvalue weighted by Gasteiger charge is 2.28. The summed E-state index contributed by atoms with van der Waals surface area (Å²) in [6.07, 6.45) is 3.18. The summed E-state index contributed by atoms with van der Waals surface area (Å²) in [5.74, 6) is 0.